The minimum atomic E-state index is 0.621. The summed E-state index contributed by atoms with van der Waals surface area (Å²) in [5.74, 6) is 4.03. The summed E-state index contributed by atoms with van der Waals surface area (Å²) in [4.78, 5) is 22.6. The van der Waals surface area contributed by atoms with E-state index in [1.54, 1.807) is 6.33 Å². The molecule has 2 fully saturated rings. The maximum Gasteiger partial charge on any atom is 0.159 e. The molecule has 0 saturated carbocycles. The smallest absolute Gasteiger partial charge is 0.159 e. The fraction of sp³-hybridized carbons (Fsp3) is 0.450. The van der Waals surface area contributed by atoms with Crippen LogP contribution < -0.4 is 9.80 Å². The third kappa shape index (κ3) is 2.98. The second kappa shape index (κ2) is 6.54. The van der Waals surface area contributed by atoms with E-state index in [1.165, 1.54) is 0 Å². The van der Waals surface area contributed by atoms with Crippen molar-refractivity contribution < 1.29 is 0 Å². The molecular formula is C20H24N8. The van der Waals surface area contributed by atoms with Gasteiger partial charge in [0, 0.05) is 49.8 Å². The Balaban J connectivity index is 1.31. The molecule has 144 valence electrons. The first-order valence-electron chi connectivity index (χ1n) is 9.71. The fourth-order valence-corrected chi connectivity index (χ4v) is 4.40. The third-order valence-electron chi connectivity index (χ3n) is 5.77. The van der Waals surface area contributed by atoms with Crippen molar-refractivity contribution >= 4 is 11.6 Å². The molecule has 0 aromatic carbocycles. The van der Waals surface area contributed by atoms with E-state index in [0.29, 0.717) is 11.8 Å². The standard InChI is InChI=1S/C20H24N8/c1-13-4-15(3)28(25-13)19-5-18(23-12-24-19)26-8-16-10-27(11-17(16)9-26)20-7-21-14(2)6-22-20/h4-7,12,16-17H,8-11H2,1-3H3. The van der Waals surface area contributed by atoms with Crippen LogP contribution in [0.2, 0.25) is 0 Å². The molecule has 0 radical (unpaired) electrons. The van der Waals surface area contributed by atoms with Gasteiger partial charge in [0.2, 0.25) is 0 Å². The van der Waals surface area contributed by atoms with Gasteiger partial charge in [0.1, 0.15) is 18.0 Å². The van der Waals surface area contributed by atoms with Gasteiger partial charge in [-0.2, -0.15) is 5.10 Å². The molecular weight excluding hydrogens is 352 g/mol. The highest BCUT2D eigenvalue weighted by molar-refractivity contribution is 5.47. The minimum absolute atomic E-state index is 0.621. The lowest BCUT2D eigenvalue weighted by Crippen LogP contribution is -2.29. The van der Waals surface area contributed by atoms with Crippen molar-refractivity contribution in [2.75, 3.05) is 36.0 Å². The number of aromatic nitrogens is 6. The molecule has 2 atom stereocenters. The Hall–Kier alpha value is -3.03. The van der Waals surface area contributed by atoms with Crippen molar-refractivity contribution in [1.82, 2.24) is 29.7 Å². The first kappa shape index (κ1) is 17.1. The summed E-state index contributed by atoms with van der Waals surface area (Å²) in [6.45, 7) is 10.1. The van der Waals surface area contributed by atoms with E-state index in [4.69, 9.17) is 0 Å². The molecule has 0 spiro atoms. The quantitative estimate of drug-likeness (QED) is 0.691. The lowest BCUT2D eigenvalue weighted by Gasteiger charge is -2.23. The number of fused-ring (bicyclic) bond motifs is 1. The van der Waals surface area contributed by atoms with Crippen LogP contribution in [0.3, 0.4) is 0 Å². The number of aryl methyl sites for hydroxylation is 3. The first-order chi connectivity index (χ1) is 13.6. The normalized spacial score (nSPS) is 21.4. The molecule has 0 bridgehead atoms. The van der Waals surface area contributed by atoms with Crippen molar-refractivity contribution in [3.63, 3.8) is 0 Å². The van der Waals surface area contributed by atoms with E-state index in [0.717, 1.165) is 60.7 Å². The average molecular weight is 376 g/mol. The van der Waals surface area contributed by atoms with Gasteiger partial charge < -0.3 is 9.80 Å². The second-order valence-corrected chi connectivity index (χ2v) is 7.92. The highest BCUT2D eigenvalue weighted by atomic mass is 15.3. The van der Waals surface area contributed by atoms with Gasteiger partial charge in [-0.15, -0.1) is 0 Å². The highest BCUT2D eigenvalue weighted by Gasteiger charge is 2.41. The van der Waals surface area contributed by atoms with Gasteiger partial charge in [0.05, 0.1) is 23.8 Å². The molecule has 5 heterocycles. The molecule has 5 rings (SSSR count). The van der Waals surface area contributed by atoms with Crippen LogP contribution in [0.4, 0.5) is 11.6 Å². The van der Waals surface area contributed by atoms with Crippen molar-refractivity contribution in [1.29, 1.82) is 0 Å². The monoisotopic (exact) mass is 376 g/mol. The molecule has 0 aliphatic carbocycles. The van der Waals surface area contributed by atoms with Gasteiger partial charge in [-0.05, 0) is 26.8 Å². The van der Waals surface area contributed by atoms with E-state index in [9.17, 15) is 0 Å². The zero-order chi connectivity index (χ0) is 19.3. The number of nitrogens with zero attached hydrogens (tertiary/aromatic N) is 8. The number of hydrogen-bond donors (Lipinski definition) is 0. The summed E-state index contributed by atoms with van der Waals surface area (Å²) in [6, 6.07) is 4.11. The molecule has 2 aliphatic heterocycles. The second-order valence-electron chi connectivity index (χ2n) is 7.92. The van der Waals surface area contributed by atoms with Crippen LogP contribution in [0.15, 0.2) is 30.9 Å². The SMILES string of the molecule is Cc1cnc(N2CC3CN(c4cc(-n5nc(C)cc5C)ncn4)CC3C2)cn1. The predicted molar refractivity (Wildman–Crippen MR) is 107 cm³/mol. The van der Waals surface area contributed by atoms with Crippen LogP contribution >= 0.6 is 0 Å². The summed E-state index contributed by atoms with van der Waals surface area (Å²) in [6.07, 6.45) is 5.37. The van der Waals surface area contributed by atoms with Gasteiger partial charge >= 0.3 is 0 Å². The molecule has 2 unspecified atom stereocenters. The highest BCUT2D eigenvalue weighted by Crippen LogP contribution is 2.35. The molecule has 28 heavy (non-hydrogen) atoms. The van der Waals surface area contributed by atoms with E-state index in [2.05, 4.69) is 40.9 Å². The molecule has 2 saturated heterocycles. The van der Waals surface area contributed by atoms with Crippen molar-refractivity contribution in [2.45, 2.75) is 20.8 Å². The summed E-state index contributed by atoms with van der Waals surface area (Å²) >= 11 is 0. The zero-order valence-electron chi connectivity index (χ0n) is 16.4. The van der Waals surface area contributed by atoms with Crippen LogP contribution in [0, 0.1) is 32.6 Å². The Morgan fingerprint density at radius 3 is 2.00 bits per heavy atom. The minimum Gasteiger partial charge on any atom is -0.356 e. The summed E-state index contributed by atoms with van der Waals surface area (Å²) in [5.41, 5.74) is 3.03. The van der Waals surface area contributed by atoms with Crippen LogP contribution in [0.1, 0.15) is 17.1 Å². The molecule has 8 nitrogen and oxygen atoms in total. The van der Waals surface area contributed by atoms with Gasteiger partial charge in [-0.1, -0.05) is 0 Å². The molecule has 0 N–H and O–H groups in total. The molecule has 3 aromatic heterocycles. The topological polar surface area (TPSA) is 75.9 Å². The van der Waals surface area contributed by atoms with Crippen LogP contribution in [0.5, 0.6) is 0 Å². The maximum absolute atomic E-state index is 4.54. The number of hydrogen-bond acceptors (Lipinski definition) is 7. The van der Waals surface area contributed by atoms with Gasteiger partial charge in [-0.25, -0.2) is 19.6 Å². The van der Waals surface area contributed by atoms with Crippen molar-refractivity contribution in [2.24, 2.45) is 11.8 Å². The summed E-state index contributed by atoms with van der Waals surface area (Å²) in [7, 11) is 0. The lowest BCUT2D eigenvalue weighted by molar-refractivity contribution is 0.533. The van der Waals surface area contributed by atoms with E-state index < -0.39 is 0 Å². The maximum atomic E-state index is 4.54. The molecule has 3 aromatic rings. The van der Waals surface area contributed by atoms with Crippen LogP contribution in [-0.2, 0) is 0 Å². The van der Waals surface area contributed by atoms with E-state index >= 15 is 0 Å². The Bertz CT molecular complexity index is 982. The van der Waals surface area contributed by atoms with E-state index in [1.807, 2.05) is 43.9 Å². The Morgan fingerprint density at radius 2 is 1.39 bits per heavy atom. The van der Waals surface area contributed by atoms with Crippen LogP contribution in [0.25, 0.3) is 5.82 Å². The van der Waals surface area contributed by atoms with E-state index in [-0.39, 0.29) is 0 Å². The third-order valence-corrected chi connectivity index (χ3v) is 5.77. The summed E-state index contributed by atoms with van der Waals surface area (Å²) in [5, 5.41) is 4.54. The Kier molecular flexibility index (Phi) is 3.99. The predicted octanol–water partition coefficient (Wildman–Crippen LogP) is 1.95. The Morgan fingerprint density at radius 1 is 0.714 bits per heavy atom. The van der Waals surface area contributed by atoms with Crippen molar-refractivity contribution in [3.05, 3.63) is 47.9 Å². The Labute approximate surface area is 164 Å². The molecule has 0 amide bonds. The summed E-state index contributed by atoms with van der Waals surface area (Å²) < 4.78 is 1.88. The largest absolute Gasteiger partial charge is 0.356 e. The van der Waals surface area contributed by atoms with Gasteiger partial charge in [0.25, 0.3) is 0 Å². The van der Waals surface area contributed by atoms with Crippen LogP contribution in [-0.4, -0.2) is 55.9 Å². The van der Waals surface area contributed by atoms with Crippen molar-refractivity contribution in [3.8, 4) is 5.82 Å². The number of rotatable bonds is 3. The molecule has 2 aliphatic rings. The first-order valence-corrected chi connectivity index (χ1v) is 9.71. The zero-order valence-corrected chi connectivity index (χ0v) is 16.4. The number of anilines is 2. The fourth-order valence-electron chi connectivity index (χ4n) is 4.40. The average Bonchev–Trinajstić information content (AvgIpc) is 3.35. The molecule has 8 heteroatoms. The lowest BCUT2D eigenvalue weighted by atomic mass is 10.0. The van der Waals surface area contributed by atoms with Gasteiger partial charge in [0.15, 0.2) is 5.82 Å². The van der Waals surface area contributed by atoms with Gasteiger partial charge in [-0.3, -0.25) is 4.98 Å².